The second-order valence-corrected chi connectivity index (χ2v) is 7.36. The molecule has 2 amide bonds. The fourth-order valence-electron chi connectivity index (χ4n) is 3.29. The average Bonchev–Trinajstić information content (AvgIpc) is 3.05. The average molecular weight is 387 g/mol. The summed E-state index contributed by atoms with van der Waals surface area (Å²) >= 11 is 0. The van der Waals surface area contributed by atoms with Gasteiger partial charge in [-0.2, -0.15) is 0 Å². The highest BCUT2D eigenvalue weighted by atomic mass is 19.1. The standard InChI is InChI=1S/C20H22FN3O4/c1-13-5-4-9-23(17(13)25)11-14-15(21)6-3-7-16(14)22-19(28)24-10-8-20(2,12-24)18(26)27/h3-7,9H,8,10-12H2,1-2H3,(H,22,28)(H,26,27). The van der Waals surface area contributed by atoms with Crippen LogP contribution in [-0.2, 0) is 11.3 Å². The summed E-state index contributed by atoms with van der Waals surface area (Å²) in [6, 6.07) is 7.18. The highest BCUT2D eigenvalue weighted by Gasteiger charge is 2.42. The molecule has 0 saturated carbocycles. The van der Waals surface area contributed by atoms with Crippen LogP contribution in [0.15, 0.2) is 41.3 Å². The molecule has 0 aliphatic carbocycles. The number of likely N-dealkylation sites (tertiary alicyclic amines) is 1. The minimum absolute atomic E-state index is 0.0321. The number of anilines is 1. The van der Waals surface area contributed by atoms with E-state index in [1.54, 1.807) is 38.2 Å². The quantitative estimate of drug-likeness (QED) is 0.844. The lowest BCUT2D eigenvalue weighted by Crippen LogP contribution is -2.37. The van der Waals surface area contributed by atoms with Gasteiger partial charge in [-0.1, -0.05) is 12.1 Å². The van der Waals surface area contributed by atoms with Crippen molar-refractivity contribution in [2.75, 3.05) is 18.4 Å². The molecule has 2 N–H and O–H groups in total. The molecule has 1 unspecified atom stereocenters. The molecule has 1 aliphatic rings. The van der Waals surface area contributed by atoms with E-state index in [1.807, 2.05) is 0 Å². The molecule has 1 saturated heterocycles. The van der Waals surface area contributed by atoms with E-state index in [2.05, 4.69) is 5.32 Å². The Bertz CT molecular complexity index is 988. The van der Waals surface area contributed by atoms with Gasteiger partial charge in [0.05, 0.1) is 17.6 Å². The summed E-state index contributed by atoms with van der Waals surface area (Å²) in [5, 5.41) is 12.0. The molecule has 0 bridgehead atoms. The smallest absolute Gasteiger partial charge is 0.321 e. The number of nitrogens with one attached hydrogen (secondary N) is 1. The number of aryl methyl sites for hydroxylation is 1. The van der Waals surface area contributed by atoms with Gasteiger partial charge in [-0.05, 0) is 38.5 Å². The normalized spacial score (nSPS) is 18.9. The summed E-state index contributed by atoms with van der Waals surface area (Å²) in [5.41, 5.74) is -0.253. The van der Waals surface area contributed by atoms with E-state index in [9.17, 15) is 23.9 Å². The third-order valence-electron chi connectivity index (χ3n) is 5.18. The highest BCUT2D eigenvalue weighted by molar-refractivity contribution is 5.91. The molecular weight excluding hydrogens is 365 g/mol. The molecule has 1 fully saturated rings. The molecule has 3 rings (SSSR count). The van der Waals surface area contributed by atoms with Crippen LogP contribution in [0.5, 0.6) is 0 Å². The molecule has 1 aliphatic heterocycles. The van der Waals surface area contributed by atoms with Crippen molar-refractivity contribution in [3.8, 4) is 0 Å². The maximum Gasteiger partial charge on any atom is 0.321 e. The minimum Gasteiger partial charge on any atom is -0.481 e. The summed E-state index contributed by atoms with van der Waals surface area (Å²) in [6.45, 7) is 3.62. The minimum atomic E-state index is -0.989. The van der Waals surface area contributed by atoms with Gasteiger partial charge in [0.15, 0.2) is 0 Å². The van der Waals surface area contributed by atoms with E-state index in [4.69, 9.17) is 0 Å². The van der Waals surface area contributed by atoms with Gasteiger partial charge in [0, 0.05) is 30.4 Å². The Kier molecular flexibility index (Phi) is 5.22. The Balaban J connectivity index is 1.83. The van der Waals surface area contributed by atoms with Gasteiger partial charge in [-0.3, -0.25) is 9.59 Å². The van der Waals surface area contributed by atoms with Gasteiger partial charge < -0.3 is 19.9 Å². The van der Waals surface area contributed by atoms with E-state index >= 15 is 0 Å². The third-order valence-corrected chi connectivity index (χ3v) is 5.18. The summed E-state index contributed by atoms with van der Waals surface area (Å²) in [4.78, 5) is 37.6. The predicted molar refractivity (Wildman–Crippen MR) is 102 cm³/mol. The molecule has 2 aromatic rings. The molecule has 28 heavy (non-hydrogen) atoms. The van der Waals surface area contributed by atoms with Crippen molar-refractivity contribution in [3.05, 3.63) is 63.8 Å². The largest absolute Gasteiger partial charge is 0.481 e. The van der Waals surface area contributed by atoms with Gasteiger partial charge >= 0.3 is 12.0 Å². The molecular formula is C20H22FN3O4. The first kappa shape index (κ1) is 19.6. The lowest BCUT2D eigenvalue weighted by atomic mass is 9.90. The Labute approximate surface area is 161 Å². The first-order chi connectivity index (χ1) is 13.2. The van der Waals surface area contributed by atoms with E-state index in [-0.39, 0.29) is 29.9 Å². The van der Waals surface area contributed by atoms with Gasteiger partial charge in [0.25, 0.3) is 5.56 Å². The fraction of sp³-hybridized carbons (Fsp3) is 0.350. The molecule has 7 nitrogen and oxygen atoms in total. The Morgan fingerprint density at radius 2 is 2.04 bits per heavy atom. The van der Waals surface area contributed by atoms with Crippen LogP contribution in [-0.4, -0.2) is 39.7 Å². The van der Waals surface area contributed by atoms with Gasteiger partial charge in [0.1, 0.15) is 5.82 Å². The zero-order valence-corrected chi connectivity index (χ0v) is 15.7. The second-order valence-electron chi connectivity index (χ2n) is 7.36. The van der Waals surface area contributed by atoms with Crippen molar-refractivity contribution in [1.29, 1.82) is 0 Å². The van der Waals surface area contributed by atoms with E-state index in [0.29, 0.717) is 18.5 Å². The number of nitrogens with zero attached hydrogens (tertiary/aromatic N) is 2. The number of halogens is 1. The van der Waals surface area contributed by atoms with Crippen LogP contribution in [0.4, 0.5) is 14.9 Å². The first-order valence-corrected chi connectivity index (χ1v) is 8.94. The number of aliphatic carboxylic acids is 1. The predicted octanol–water partition coefficient (Wildman–Crippen LogP) is 2.67. The van der Waals surface area contributed by atoms with E-state index in [0.717, 1.165) is 0 Å². The number of urea groups is 1. The van der Waals surface area contributed by atoms with Crippen LogP contribution in [0.3, 0.4) is 0 Å². The second kappa shape index (κ2) is 7.46. The van der Waals surface area contributed by atoms with Crippen molar-refractivity contribution in [3.63, 3.8) is 0 Å². The number of benzene rings is 1. The van der Waals surface area contributed by atoms with Crippen LogP contribution in [0.2, 0.25) is 0 Å². The molecule has 1 atom stereocenters. The molecule has 1 aromatic heterocycles. The summed E-state index contributed by atoms with van der Waals surface area (Å²) in [7, 11) is 0. The van der Waals surface area contributed by atoms with Crippen LogP contribution in [0, 0.1) is 18.2 Å². The summed E-state index contributed by atoms with van der Waals surface area (Å²) in [6.07, 6.45) is 1.91. The molecule has 2 heterocycles. The van der Waals surface area contributed by atoms with Gasteiger partial charge in [-0.15, -0.1) is 0 Å². The number of pyridine rings is 1. The molecule has 148 valence electrons. The topological polar surface area (TPSA) is 91.6 Å². The lowest BCUT2D eigenvalue weighted by Gasteiger charge is -2.21. The highest BCUT2D eigenvalue weighted by Crippen LogP contribution is 2.31. The lowest BCUT2D eigenvalue weighted by molar-refractivity contribution is -0.146. The van der Waals surface area contributed by atoms with Crippen LogP contribution in [0.25, 0.3) is 0 Å². The van der Waals surface area contributed by atoms with Crippen molar-refractivity contribution in [1.82, 2.24) is 9.47 Å². The number of carbonyl (C=O) groups is 2. The third kappa shape index (κ3) is 3.76. The number of carboxylic acid groups (broad SMARTS) is 1. The number of rotatable bonds is 4. The summed E-state index contributed by atoms with van der Waals surface area (Å²) < 4.78 is 15.8. The molecule has 0 spiro atoms. The Morgan fingerprint density at radius 3 is 2.71 bits per heavy atom. The first-order valence-electron chi connectivity index (χ1n) is 8.94. The van der Waals surface area contributed by atoms with Crippen molar-refractivity contribution in [2.24, 2.45) is 5.41 Å². The molecule has 0 radical (unpaired) electrons. The van der Waals surface area contributed by atoms with Crippen molar-refractivity contribution < 1.29 is 19.1 Å². The van der Waals surface area contributed by atoms with Crippen molar-refractivity contribution in [2.45, 2.75) is 26.8 Å². The number of hydrogen-bond acceptors (Lipinski definition) is 3. The number of hydrogen-bond donors (Lipinski definition) is 2. The van der Waals surface area contributed by atoms with Crippen molar-refractivity contribution >= 4 is 17.7 Å². The van der Waals surface area contributed by atoms with Crippen LogP contribution >= 0.6 is 0 Å². The van der Waals surface area contributed by atoms with Crippen LogP contribution < -0.4 is 10.9 Å². The van der Waals surface area contributed by atoms with E-state index in [1.165, 1.54) is 21.6 Å². The number of amides is 2. The SMILES string of the molecule is Cc1cccn(Cc2c(F)cccc2NC(=O)N2CCC(C)(C(=O)O)C2)c1=O. The maximum atomic E-state index is 14.5. The Hall–Kier alpha value is -3.16. The number of carboxylic acids is 1. The van der Waals surface area contributed by atoms with Gasteiger partial charge in [0.2, 0.25) is 0 Å². The van der Waals surface area contributed by atoms with Crippen LogP contribution in [0.1, 0.15) is 24.5 Å². The maximum absolute atomic E-state index is 14.5. The Morgan fingerprint density at radius 1 is 1.29 bits per heavy atom. The molecule has 1 aromatic carbocycles. The fourth-order valence-corrected chi connectivity index (χ4v) is 3.29. The zero-order valence-electron chi connectivity index (χ0n) is 15.7. The monoisotopic (exact) mass is 387 g/mol. The van der Waals surface area contributed by atoms with E-state index < -0.39 is 23.2 Å². The zero-order chi connectivity index (χ0) is 20.5. The number of aromatic nitrogens is 1. The molecule has 8 heteroatoms. The van der Waals surface area contributed by atoms with Gasteiger partial charge in [-0.25, -0.2) is 9.18 Å². The summed E-state index contributed by atoms with van der Waals surface area (Å²) in [5.74, 6) is -1.49. The number of carbonyl (C=O) groups excluding carboxylic acids is 1.